The third-order valence-electron chi connectivity index (χ3n) is 3.18. The lowest BCUT2D eigenvalue weighted by molar-refractivity contribution is 0.596. The molecule has 104 valence electrons. The van der Waals surface area contributed by atoms with Crippen molar-refractivity contribution in [1.29, 1.82) is 5.26 Å². The van der Waals surface area contributed by atoms with Crippen LogP contribution in [-0.4, -0.2) is 18.0 Å². The highest BCUT2D eigenvalue weighted by Crippen LogP contribution is 2.28. The van der Waals surface area contributed by atoms with E-state index in [9.17, 15) is 8.42 Å². The summed E-state index contributed by atoms with van der Waals surface area (Å²) in [7, 11) is -3.63. The molecule has 6 heteroatoms. The number of aromatic nitrogens is 2. The van der Waals surface area contributed by atoms with Gasteiger partial charge in [0.25, 0.3) is 0 Å². The standard InChI is InChI=1S/C15H11N3O2S/c16-8-10-18-11-14(13-7-4-9-17-15(13)18)21(19,20)12-5-2-1-3-6-12/h1-7,9,11H,10H2. The van der Waals surface area contributed by atoms with Gasteiger partial charge in [-0.15, -0.1) is 0 Å². The summed E-state index contributed by atoms with van der Waals surface area (Å²) in [5.74, 6) is 0. The molecule has 0 amide bonds. The Morgan fingerprint density at radius 3 is 2.62 bits per heavy atom. The summed E-state index contributed by atoms with van der Waals surface area (Å²) in [4.78, 5) is 4.57. The fourth-order valence-corrected chi connectivity index (χ4v) is 3.71. The number of hydrogen-bond donors (Lipinski definition) is 0. The number of sulfone groups is 1. The molecule has 0 atom stereocenters. The molecule has 0 aliphatic carbocycles. The number of fused-ring (bicyclic) bond motifs is 1. The molecule has 0 aliphatic heterocycles. The fraction of sp³-hybridized carbons (Fsp3) is 0.0667. The van der Waals surface area contributed by atoms with Crippen molar-refractivity contribution in [2.75, 3.05) is 0 Å². The van der Waals surface area contributed by atoms with Gasteiger partial charge in [-0.1, -0.05) is 18.2 Å². The van der Waals surface area contributed by atoms with Crippen LogP contribution in [0, 0.1) is 11.3 Å². The largest absolute Gasteiger partial charge is 0.317 e. The second-order valence-electron chi connectivity index (χ2n) is 4.47. The van der Waals surface area contributed by atoms with Gasteiger partial charge in [-0.2, -0.15) is 5.26 Å². The van der Waals surface area contributed by atoms with Gasteiger partial charge in [-0.25, -0.2) is 13.4 Å². The number of rotatable bonds is 3. The minimum atomic E-state index is -3.63. The van der Waals surface area contributed by atoms with Crippen LogP contribution >= 0.6 is 0 Å². The van der Waals surface area contributed by atoms with Crippen molar-refractivity contribution in [3.05, 3.63) is 54.9 Å². The molecular formula is C15H11N3O2S. The van der Waals surface area contributed by atoms with E-state index in [0.717, 1.165) is 0 Å². The molecule has 21 heavy (non-hydrogen) atoms. The van der Waals surface area contributed by atoms with Gasteiger partial charge >= 0.3 is 0 Å². The molecule has 0 bridgehead atoms. The summed E-state index contributed by atoms with van der Waals surface area (Å²) >= 11 is 0. The highest BCUT2D eigenvalue weighted by Gasteiger charge is 2.23. The summed E-state index contributed by atoms with van der Waals surface area (Å²) in [5, 5.41) is 9.38. The smallest absolute Gasteiger partial charge is 0.208 e. The van der Waals surface area contributed by atoms with Gasteiger partial charge in [0.2, 0.25) is 9.84 Å². The lowest BCUT2D eigenvalue weighted by atomic mass is 10.3. The van der Waals surface area contributed by atoms with Gasteiger partial charge in [0, 0.05) is 17.8 Å². The van der Waals surface area contributed by atoms with Crippen molar-refractivity contribution < 1.29 is 8.42 Å². The summed E-state index contributed by atoms with van der Waals surface area (Å²) < 4.78 is 27.0. The first-order chi connectivity index (χ1) is 10.1. The van der Waals surface area contributed by atoms with Crippen LogP contribution in [0.4, 0.5) is 0 Å². The fourth-order valence-electron chi connectivity index (χ4n) is 2.23. The average Bonchev–Trinajstić information content (AvgIpc) is 2.88. The van der Waals surface area contributed by atoms with Crippen LogP contribution in [-0.2, 0) is 16.4 Å². The van der Waals surface area contributed by atoms with Crippen molar-refractivity contribution >= 4 is 20.9 Å². The molecule has 2 heterocycles. The quantitative estimate of drug-likeness (QED) is 0.744. The van der Waals surface area contributed by atoms with Gasteiger partial charge in [0.1, 0.15) is 12.2 Å². The normalized spacial score (nSPS) is 11.4. The summed E-state index contributed by atoms with van der Waals surface area (Å²) in [6.07, 6.45) is 3.05. The van der Waals surface area contributed by atoms with E-state index in [0.29, 0.717) is 11.0 Å². The second kappa shape index (κ2) is 5.04. The van der Waals surface area contributed by atoms with E-state index in [1.807, 2.05) is 6.07 Å². The monoisotopic (exact) mass is 297 g/mol. The minimum Gasteiger partial charge on any atom is -0.317 e. The summed E-state index contributed by atoms with van der Waals surface area (Å²) in [6.45, 7) is 0.0534. The lowest BCUT2D eigenvalue weighted by Crippen LogP contribution is -2.01. The zero-order valence-corrected chi connectivity index (χ0v) is 11.8. The molecule has 5 nitrogen and oxygen atoms in total. The van der Waals surface area contributed by atoms with Gasteiger partial charge in [-0.05, 0) is 24.3 Å². The topological polar surface area (TPSA) is 75.8 Å². The van der Waals surface area contributed by atoms with Crippen LogP contribution in [0.2, 0.25) is 0 Å². The van der Waals surface area contributed by atoms with Crippen molar-refractivity contribution in [3.8, 4) is 6.07 Å². The predicted molar refractivity (Wildman–Crippen MR) is 77.2 cm³/mol. The highest BCUT2D eigenvalue weighted by molar-refractivity contribution is 7.91. The Labute approximate surface area is 122 Å². The molecule has 0 unspecified atom stereocenters. The van der Waals surface area contributed by atoms with E-state index in [4.69, 9.17) is 5.26 Å². The number of benzene rings is 1. The first kappa shape index (κ1) is 13.3. The third-order valence-corrected chi connectivity index (χ3v) is 4.98. The van der Waals surface area contributed by atoms with E-state index >= 15 is 0 Å². The van der Waals surface area contributed by atoms with Crippen molar-refractivity contribution in [2.24, 2.45) is 0 Å². The molecule has 0 saturated heterocycles. The Balaban J connectivity index is 2.29. The molecular weight excluding hydrogens is 286 g/mol. The third kappa shape index (κ3) is 2.18. The Hall–Kier alpha value is -2.65. The minimum absolute atomic E-state index is 0.0534. The number of hydrogen-bond acceptors (Lipinski definition) is 4. The van der Waals surface area contributed by atoms with Crippen LogP contribution in [0.15, 0.2) is 64.6 Å². The molecule has 0 spiro atoms. The number of nitriles is 1. The van der Waals surface area contributed by atoms with Crippen LogP contribution in [0.5, 0.6) is 0 Å². The van der Waals surface area contributed by atoms with Crippen molar-refractivity contribution in [3.63, 3.8) is 0 Å². The van der Waals surface area contributed by atoms with Gasteiger partial charge in [-0.3, -0.25) is 0 Å². The van der Waals surface area contributed by atoms with Crippen LogP contribution < -0.4 is 0 Å². The van der Waals surface area contributed by atoms with Crippen molar-refractivity contribution in [1.82, 2.24) is 9.55 Å². The maximum atomic E-state index is 12.7. The van der Waals surface area contributed by atoms with E-state index in [-0.39, 0.29) is 16.3 Å². The molecule has 3 rings (SSSR count). The van der Waals surface area contributed by atoms with E-state index in [1.54, 1.807) is 53.2 Å². The molecule has 3 aromatic rings. The predicted octanol–water partition coefficient (Wildman–Crippen LogP) is 2.39. The van der Waals surface area contributed by atoms with Crippen molar-refractivity contribution in [2.45, 2.75) is 16.3 Å². The van der Waals surface area contributed by atoms with Crippen LogP contribution in [0.3, 0.4) is 0 Å². The Morgan fingerprint density at radius 1 is 1.14 bits per heavy atom. The molecule has 1 aromatic carbocycles. The Morgan fingerprint density at radius 2 is 1.90 bits per heavy atom. The van der Waals surface area contributed by atoms with Gasteiger partial charge < -0.3 is 4.57 Å². The maximum Gasteiger partial charge on any atom is 0.208 e. The maximum absolute atomic E-state index is 12.7. The number of pyridine rings is 1. The van der Waals surface area contributed by atoms with E-state index in [1.165, 1.54) is 6.20 Å². The van der Waals surface area contributed by atoms with Gasteiger partial charge in [0.15, 0.2) is 0 Å². The van der Waals surface area contributed by atoms with E-state index in [2.05, 4.69) is 4.98 Å². The second-order valence-corrected chi connectivity index (χ2v) is 6.39. The lowest BCUT2D eigenvalue weighted by Gasteiger charge is -2.02. The number of nitrogens with zero attached hydrogens (tertiary/aromatic N) is 3. The molecule has 0 radical (unpaired) electrons. The van der Waals surface area contributed by atoms with Crippen LogP contribution in [0.25, 0.3) is 11.0 Å². The molecule has 2 aromatic heterocycles. The summed E-state index contributed by atoms with van der Waals surface area (Å²) in [5.41, 5.74) is 0.494. The first-order valence-corrected chi connectivity index (χ1v) is 7.74. The summed E-state index contributed by atoms with van der Waals surface area (Å²) in [6, 6.07) is 13.6. The SMILES string of the molecule is N#CCn1cc(S(=O)(=O)c2ccccc2)c2cccnc21. The molecule has 0 saturated carbocycles. The van der Waals surface area contributed by atoms with Gasteiger partial charge in [0.05, 0.1) is 15.9 Å². The Bertz CT molecular complexity index is 938. The van der Waals surface area contributed by atoms with E-state index < -0.39 is 9.84 Å². The first-order valence-electron chi connectivity index (χ1n) is 6.25. The highest BCUT2D eigenvalue weighted by atomic mass is 32.2. The zero-order chi connectivity index (χ0) is 14.9. The molecule has 0 aliphatic rings. The van der Waals surface area contributed by atoms with Crippen LogP contribution in [0.1, 0.15) is 0 Å². The molecule has 0 fully saturated rings. The Kier molecular flexibility index (Phi) is 3.20. The average molecular weight is 297 g/mol. The molecule has 0 N–H and O–H groups in total. The zero-order valence-electron chi connectivity index (χ0n) is 11.0.